The molecule has 11 rings (SSSR count). The van der Waals surface area contributed by atoms with Crippen LogP contribution in [0.4, 0.5) is 0 Å². The van der Waals surface area contributed by atoms with Gasteiger partial charge in [-0.05, 0) is 120 Å². The van der Waals surface area contributed by atoms with Crippen LogP contribution in [0.3, 0.4) is 0 Å². The SMILES string of the molecule is c1ccc2c(c1)c1ccccc1n2-c1ccc2c(c1)C(C1CCCCC1)C(C1CCCCC1)c1cc(-n3c4ccccc4c4ccccc43)ccc1-2. The van der Waals surface area contributed by atoms with Crippen molar-refractivity contribution in [1.82, 2.24) is 9.13 Å². The van der Waals surface area contributed by atoms with Gasteiger partial charge in [0.1, 0.15) is 0 Å². The fourth-order valence-corrected chi connectivity index (χ4v) is 11.3. The van der Waals surface area contributed by atoms with E-state index in [-0.39, 0.29) is 0 Å². The highest BCUT2D eigenvalue weighted by Crippen LogP contribution is 2.58. The molecule has 0 spiro atoms. The molecule has 2 heterocycles. The number of para-hydroxylation sites is 4. The van der Waals surface area contributed by atoms with Crippen molar-refractivity contribution in [2.24, 2.45) is 11.8 Å². The first-order chi connectivity index (χ1) is 25.8. The van der Waals surface area contributed by atoms with E-state index in [1.54, 1.807) is 11.1 Å². The maximum absolute atomic E-state index is 2.65. The number of rotatable bonds is 4. The van der Waals surface area contributed by atoms with Crippen molar-refractivity contribution in [2.45, 2.75) is 76.0 Å². The van der Waals surface area contributed by atoms with E-state index in [0.29, 0.717) is 11.8 Å². The third kappa shape index (κ3) is 4.62. The van der Waals surface area contributed by atoms with Gasteiger partial charge in [0, 0.05) is 32.9 Å². The van der Waals surface area contributed by atoms with Gasteiger partial charge in [0.2, 0.25) is 0 Å². The number of benzene rings is 6. The van der Waals surface area contributed by atoms with E-state index in [4.69, 9.17) is 0 Å². The molecule has 0 radical (unpaired) electrons. The quantitative estimate of drug-likeness (QED) is 0.176. The average Bonchev–Trinajstić information content (AvgIpc) is 3.74. The van der Waals surface area contributed by atoms with Gasteiger partial charge in [-0.1, -0.05) is 123 Å². The molecule has 6 aromatic carbocycles. The highest BCUT2D eigenvalue weighted by Gasteiger charge is 2.43. The molecule has 2 unspecified atom stereocenters. The van der Waals surface area contributed by atoms with Crippen LogP contribution < -0.4 is 0 Å². The predicted molar refractivity (Wildman–Crippen MR) is 219 cm³/mol. The maximum Gasteiger partial charge on any atom is 0.0541 e. The Kier molecular flexibility index (Phi) is 7.20. The monoisotopic (exact) mass is 674 g/mol. The molecule has 3 aliphatic carbocycles. The zero-order chi connectivity index (χ0) is 34.2. The summed E-state index contributed by atoms with van der Waals surface area (Å²) in [6.07, 6.45) is 13.7. The van der Waals surface area contributed by atoms with E-state index in [0.717, 1.165) is 11.8 Å². The van der Waals surface area contributed by atoms with Gasteiger partial charge >= 0.3 is 0 Å². The molecule has 0 bridgehead atoms. The Morgan fingerprint density at radius 3 is 1.02 bits per heavy atom. The van der Waals surface area contributed by atoms with Crippen LogP contribution in [0.5, 0.6) is 0 Å². The van der Waals surface area contributed by atoms with E-state index in [1.165, 1.54) is 130 Å². The molecule has 2 aromatic heterocycles. The summed E-state index contributed by atoms with van der Waals surface area (Å²) in [5, 5.41) is 5.34. The molecule has 2 fully saturated rings. The molecule has 0 N–H and O–H groups in total. The van der Waals surface area contributed by atoms with Crippen molar-refractivity contribution in [3.05, 3.63) is 145 Å². The van der Waals surface area contributed by atoms with E-state index < -0.39 is 0 Å². The van der Waals surface area contributed by atoms with Crippen molar-refractivity contribution >= 4 is 43.6 Å². The standard InChI is InChI=1S/C50H46N2/c1-3-15-33(16-4-1)49-43-31-35(51-45-23-11-7-19-39(45)40-20-8-12-24-46(40)51)27-29-37(43)38-30-28-36(32-44(38)50(49)34-17-5-2-6-18-34)52-47-25-13-9-21-41(47)42-22-10-14-26-48(42)52/h7-14,19-34,49-50H,1-6,15-18H2. The molecule has 2 nitrogen and oxygen atoms in total. The number of aromatic nitrogens is 2. The van der Waals surface area contributed by atoms with Crippen LogP contribution >= 0.6 is 0 Å². The van der Waals surface area contributed by atoms with Crippen LogP contribution in [0.25, 0.3) is 66.1 Å². The lowest BCUT2D eigenvalue weighted by atomic mass is 9.58. The van der Waals surface area contributed by atoms with E-state index >= 15 is 0 Å². The zero-order valence-corrected chi connectivity index (χ0v) is 30.0. The highest BCUT2D eigenvalue weighted by molar-refractivity contribution is 6.10. The Balaban J connectivity index is 1.17. The van der Waals surface area contributed by atoms with Crippen LogP contribution in [0, 0.1) is 11.8 Å². The first-order valence-electron chi connectivity index (χ1n) is 20.1. The van der Waals surface area contributed by atoms with Crippen LogP contribution in [0.1, 0.15) is 87.2 Å². The summed E-state index contributed by atoms with van der Waals surface area (Å²) in [4.78, 5) is 0. The van der Waals surface area contributed by atoms with Gasteiger partial charge in [-0.2, -0.15) is 0 Å². The Morgan fingerprint density at radius 2 is 0.673 bits per heavy atom. The van der Waals surface area contributed by atoms with Gasteiger partial charge in [-0.3, -0.25) is 0 Å². The maximum atomic E-state index is 2.65. The molecule has 3 aliphatic rings. The van der Waals surface area contributed by atoms with Crippen molar-refractivity contribution in [1.29, 1.82) is 0 Å². The summed E-state index contributed by atoms with van der Waals surface area (Å²) in [5.41, 5.74) is 14.0. The van der Waals surface area contributed by atoms with Gasteiger partial charge in [-0.25, -0.2) is 0 Å². The first-order valence-corrected chi connectivity index (χ1v) is 20.1. The summed E-state index contributed by atoms with van der Waals surface area (Å²) in [5.74, 6) is 2.51. The van der Waals surface area contributed by atoms with Crippen LogP contribution in [-0.4, -0.2) is 9.13 Å². The lowest BCUT2D eigenvalue weighted by Crippen LogP contribution is -2.32. The topological polar surface area (TPSA) is 9.86 Å². The van der Waals surface area contributed by atoms with E-state index in [9.17, 15) is 0 Å². The van der Waals surface area contributed by atoms with Gasteiger partial charge in [0.25, 0.3) is 0 Å². The lowest BCUT2D eigenvalue weighted by Gasteiger charge is -2.46. The molecule has 2 atom stereocenters. The number of hydrogen-bond donors (Lipinski definition) is 0. The minimum Gasteiger partial charge on any atom is -0.309 e. The van der Waals surface area contributed by atoms with Crippen molar-refractivity contribution < 1.29 is 0 Å². The molecule has 52 heavy (non-hydrogen) atoms. The Labute approximate surface area is 306 Å². The molecule has 0 saturated heterocycles. The van der Waals surface area contributed by atoms with Crippen LogP contribution in [0.2, 0.25) is 0 Å². The largest absolute Gasteiger partial charge is 0.309 e. The fourth-order valence-electron chi connectivity index (χ4n) is 11.3. The summed E-state index contributed by atoms with van der Waals surface area (Å²) in [6, 6.07) is 51.1. The van der Waals surface area contributed by atoms with Crippen molar-refractivity contribution in [3.8, 4) is 22.5 Å². The number of nitrogens with zero attached hydrogens (tertiary/aromatic N) is 2. The molecule has 0 aliphatic heterocycles. The molecule has 2 heteroatoms. The second kappa shape index (κ2) is 12.3. The minimum atomic E-state index is 0.535. The summed E-state index contributed by atoms with van der Waals surface area (Å²) in [6.45, 7) is 0. The Bertz CT molecular complexity index is 2330. The van der Waals surface area contributed by atoms with Gasteiger partial charge in [0.15, 0.2) is 0 Å². The number of hydrogen-bond acceptors (Lipinski definition) is 0. The zero-order valence-electron chi connectivity index (χ0n) is 30.0. The molecule has 8 aromatic rings. The van der Waals surface area contributed by atoms with Gasteiger partial charge in [0.05, 0.1) is 22.1 Å². The third-order valence-electron chi connectivity index (χ3n) is 13.5. The molecular formula is C50H46N2. The lowest BCUT2D eigenvalue weighted by molar-refractivity contribution is 0.205. The second-order valence-corrected chi connectivity index (χ2v) is 16.1. The minimum absolute atomic E-state index is 0.535. The van der Waals surface area contributed by atoms with Crippen LogP contribution in [0.15, 0.2) is 133 Å². The fraction of sp³-hybridized carbons (Fsp3) is 0.280. The second-order valence-electron chi connectivity index (χ2n) is 16.1. The Hall–Kier alpha value is -5.08. The van der Waals surface area contributed by atoms with E-state index in [1.807, 2.05) is 0 Å². The molecule has 0 amide bonds. The number of fused-ring (bicyclic) bond motifs is 9. The average molecular weight is 675 g/mol. The smallest absolute Gasteiger partial charge is 0.0541 e. The van der Waals surface area contributed by atoms with Crippen molar-refractivity contribution in [3.63, 3.8) is 0 Å². The first kappa shape index (κ1) is 30.5. The summed E-state index contributed by atoms with van der Waals surface area (Å²) >= 11 is 0. The van der Waals surface area contributed by atoms with Gasteiger partial charge in [-0.15, -0.1) is 0 Å². The third-order valence-corrected chi connectivity index (χ3v) is 13.5. The van der Waals surface area contributed by atoms with E-state index in [2.05, 4.69) is 143 Å². The Morgan fingerprint density at radius 1 is 0.346 bits per heavy atom. The molecular weight excluding hydrogens is 629 g/mol. The normalized spacial score (nSPS) is 19.8. The molecule has 2 saturated carbocycles. The highest BCUT2D eigenvalue weighted by atomic mass is 15.0. The summed E-state index contributed by atoms with van der Waals surface area (Å²) < 4.78 is 5.08. The molecule has 256 valence electrons. The van der Waals surface area contributed by atoms with Crippen molar-refractivity contribution in [2.75, 3.05) is 0 Å². The van der Waals surface area contributed by atoms with Crippen LogP contribution in [-0.2, 0) is 0 Å². The predicted octanol–water partition coefficient (Wildman–Crippen LogP) is 13.9. The summed E-state index contributed by atoms with van der Waals surface area (Å²) in [7, 11) is 0. The van der Waals surface area contributed by atoms with Gasteiger partial charge < -0.3 is 9.13 Å².